The van der Waals surface area contributed by atoms with Crippen molar-refractivity contribution in [2.24, 2.45) is 0 Å². The van der Waals surface area contributed by atoms with Crippen molar-refractivity contribution in [3.8, 4) is 0 Å². The van der Waals surface area contributed by atoms with Crippen molar-refractivity contribution in [2.75, 3.05) is 0 Å². The number of carboxylic acids is 1. The van der Waals surface area contributed by atoms with Crippen LogP contribution in [0, 0.1) is 13.8 Å². The normalized spacial score (nSPS) is 10.9. The van der Waals surface area contributed by atoms with Crippen LogP contribution in [0.5, 0.6) is 0 Å². The van der Waals surface area contributed by atoms with Gasteiger partial charge in [0.05, 0.1) is 6.42 Å². The number of carboxylic acid groups (broad SMARTS) is 1. The summed E-state index contributed by atoms with van der Waals surface area (Å²) < 4.78 is 5.67. The van der Waals surface area contributed by atoms with Crippen LogP contribution < -0.4 is 0 Å². The molecule has 0 spiro atoms. The molecular formula is C13H14O3. The minimum atomic E-state index is -0.795. The van der Waals surface area contributed by atoms with Gasteiger partial charge in [0.2, 0.25) is 0 Å². The van der Waals surface area contributed by atoms with Crippen molar-refractivity contribution in [1.82, 2.24) is 0 Å². The van der Waals surface area contributed by atoms with Gasteiger partial charge in [-0.3, -0.25) is 4.79 Å². The number of aliphatic carboxylic acids is 1. The minimum Gasteiger partial charge on any atom is -0.481 e. The van der Waals surface area contributed by atoms with E-state index in [9.17, 15) is 4.79 Å². The largest absolute Gasteiger partial charge is 0.481 e. The Hall–Kier alpha value is -1.77. The highest BCUT2D eigenvalue weighted by Crippen LogP contribution is 2.28. The first kappa shape index (κ1) is 10.7. The van der Waals surface area contributed by atoms with E-state index in [1.807, 2.05) is 32.0 Å². The zero-order chi connectivity index (χ0) is 11.7. The van der Waals surface area contributed by atoms with Crippen molar-refractivity contribution < 1.29 is 14.3 Å². The van der Waals surface area contributed by atoms with Gasteiger partial charge in [-0.2, -0.15) is 0 Å². The van der Waals surface area contributed by atoms with E-state index in [1.54, 1.807) is 0 Å². The van der Waals surface area contributed by atoms with Crippen LogP contribution >= 0.6 is 0 Å². The first-order valence-corrected chi connectivity index (χ1v) is 5.29. The van der Waals surface area contributed by atoms with Gasteiger partial charge in [0.1, 0.15) is 11.3 Å². The zero-order valence-electron chi connectivity index (χ0n) is 9.41. The minimum absolute atomic E-state index is 0.111. The van der Waals surface area contributed by atoms with Crippen LogP contribution in [0.3, 0.4) is 0 Å². The molecule has 2 aromatic rings. The fourth-order valence-electron chi connectivity index (χ4n) is 2.01. The van der Waals surface area contributed by atoms with Crippen molar-refractivity contribution in [3.05, 3.63) is 35.1 Å². The Balaban J connectivity index is 2.44. The first-order valence-electron chi connectivity index (χ1n) is 5.29. The molecule has 16 heavy (non-hydrogen) atoms. The zero-order valence-corrected chi connectivity index (χ0v) is 9.41. The van der Waals surface area contributed by atoms with E-state index < -0.39 is 5.97 Å². The number of hydrogen-bond acceptors (Lipinski definition) is 2. The molecule has 3 nitrogen and oxygen atoms in total. The van der Waals surface area contributed by atoms with Gasteiger partial charge in [0, 0.05) is 11.8 Å². The number of carbonyl (C=O) groups is 1. The second kappa shape index (κ2) is 4.00. The number of rotatable bonds is 3. The molecule has 0 radical (unpaired) electrons. The molecule has 3 heteroatoms. The summed E-state index contributed by atoms with van der Waals surface area (Å²) in [6.07, 6.45) is 0.564. The number of furan rings is 1. The average molecular weight is 218 g/mol. The third kappa shape index (κ3) is 1.81. The predicted octanol–water partition coefficient (Wildman–Crippen LogP) is 3.07. The van der Waals surface area contributed by atoms with Crippen LogP contribution in [0.1, 0.15) is 23.3 Å². The van der Waals surface area contributed by atoms with Crippen LogP contribution in [0.4, 0.5) is 0 Å². The lowest BCUT2D eigenvalue weighted by molar-refractivity contribution is -0.137. The molecule has 0 bridgehead atoms. The van der Waals surface area contributed by atoms with Gasteiger partial charge in [0.25, 0.3) is 0 Å². The number of benzene rings is 1. The molecule has 2 rings (SSSR count). The summed E-state index contributed by atoms with van der Waals surface area (Å²) in [4.78, 5) is 10.5. The van der Waals surface area contributed by atoms with Gasteiger partial charge < -0.3 is 9.52 Å². The fourth-order valence-corrected chi connectivity index (χ4v) is 2.01. The molecule has 0 amide bonds. The monoisotopic (exact) mass is 218 g/mol. The summed E-state index contributed by atoms with van der Waals surface area (Å²) >= 11 is 0. The molecule has 1 aromatic carbocycles. The van der Waals surface area contributed by atoms with E-state index >= 15 is 0 Å². The second-order valence-corrected chi connectivity index (χ2v) is 3.99. The van der Waals surface area contributed by atoms with Crippen LogP contribution in [0.2, 0.25) is 0 Å². The molecule has 84 valence electrons. The van der Waals surface area contributed by atoms with Crippen molar-refractivity contribution >= 4 is 16.9 Å². The molecule has 0 atom stereocenters. The molecule has 0 unspecified atom stereocenters. The SMILES string of the molecule is Cc1cccc2oc(CCC(=O)O)c(C)c12. The lowest BCUT2D eigenvalue weighted by atomic mass is 10.1. The summed E-state index contributed by atoms with van der Waals surface area (Å²) in [7, 11) is 0. The van der Waals surface area contributed by atoms with E-state index in [-0.39, 0.29) is 6.42 Å². The molecule has 0 aliphatic carbocycles. The number of hydrogen-bond donors (Lipinski definition) is 1. The lowest BCUT2D eigenvalue weighted by Gasteiger charge is -1.96. The lowest BCUT2D eigenvalue weighted by Crippen LogP contribution is -1.97. The standard InChI is InChI=1S/C13H14O3/c1-8-4-3-5-11-13(8)9(2)10(16-11)6-7-12(14)15/h3-5H,6-7H2,1-2H3,(H,14,15). The van der Waals surface area contributed by atoms with Gasteiger partial charge in [-0.15, -0.1) is 0 Å². The Kier molecular flexibility index (Phi) is 2.69. The van der Waals surface area contributed by atoms with Crippen molar-refractivity contribution in [1.29, 1.82) is 0 Å². The second-order valence-electron chi connectivity index (χ2n) is 3.99. The Labute approximate surface area is 93.7 Å². The third-order valence-electron chi connectivity index (χ3n) is 2.83. The maximum atomic E-state index is 10.5. The summed E-state index contributed by atoms with van der Waals surface area (Å²) in [5.74, 6) is -0.0109. The maximum absolute atomic E-state index is 10.5. The molecule has 1 aromatic heterocycles. The Morgan fingerprint density at radius 1 is 1.38 bits per heavy atom. The van der Waals surface area contributed by atoms with E-state index in [0.717, 1.165) is 22.3 Å². The van der Waals surface area contributed by atoms with Crippen LogP contribution in [-0.4, -0.2) is 11.1 Å². The Bertz CT molecular complexity index is 537. The van der Waals surface area contributed by atoms with Crippen molar-refractivity contribution in [3.63, 3.8) is 0 Å². The topological polar surface area (TPSA) is 50.4 Å². The summed E-state index contributed by atoms with van der Waals surface area (Å²) in [6.45, 7) is 4.02. The average Bonchev–Trinajstić information content (AvgIpc) is 2.54. The van der Waals surface area contributed by atoms with Crippen LogP contribution in [-0.2, 0) is 11.2 Å². The van der Waals surface area contributed by atoms with Crippen LogP contribution in [0.25, 0.3) is 11.0 Å². The first-order chi connectivity index (χ1) is 7.59. The number of aryl methyl sites for hydroxylation is 3. The van der Waals surface area contributed by atoms with Gasteiger partial charge in [-0.1, -0.05) is 12.1 Å². The van der Waals surface area contributed by atoms with Crippen LogP contribution in [0.15, 0.2) is 22.6 Å². The summed E-state index contributed by atoms with van der Waals surface area (Å²) in [5, 5.41) is 9.77. The molecule has 0 fully saturated rings. The fraction of sp³-hybridized carbons (Fsp3) is 0.308. The Morgan fingerprint density at radius 2 is 2.12 bits per heavy atom. The molecule has 0 aliphatic heterocycles. The highest BCUT2D eigenvalue weighted by molar-refractivity contribution is 5.85. The summed E-state index contributed by atoms with van der Waals surface area (Å²) in [5.41, 5.74) is 3.08. The highest BCUT2D eigenvalue weighted by Gasteiger charge is 2.12. The van der Waals surface area contributed by atoms with E-state index in [0.29, 0.717) is 6.42 Å². The molecule has 1 N–H and O–H groups in total. The summed E-state index contributed by atoms with van der Waals surface area (Å²) in [6, 6.07) is 5.90. The highest BCUT2D eigenvalue weighted by atomic mass is 16.4. The molecular weight excluding hydrogens is 204 g/mol. The quantitative estimate of drug-likeness (QED) is 0.861. The van der Waals surface area contributed by atoms with E-state index in [4.69, 9.17) is 9.52 Å². The Morgan fingerprint density at radius 3 is 2.75 bits per heavy atom. The molecule has 0 saturated carbocycles. The van der Waals surface area contributed by atoms with E-state index in [1.165, 1.54) is 5.56 Å². The maximum Gasteiger partial charge on any atom is 0.303 e. The smallest absolute Gasteiger partial charge is 0.303 e. The van der Waals surface area contributed by atoms with E-state index in [2.05, 4.69) is 0 Å². The van der Waals surface area contributed by atoms with Gasteiger partial charge >= 0.3 is 5.97 Å². The van der Waals surface area contributed by atoms with Gasteiger partial charge in [-0.05, 0) is 31.0 Å². The third-order valence-corrected chi connectivity index (χ3v) is 2.83. The number of fused-ring (bicyclic) bond motifs is 1. The van der Waals surface area contributed by atoms with Crippen molar-refractivity contribution in [2.45, 2.75) is 26.7 Å². The molecule has 0 saturated heterocycles. The van der Waals surface area contributed by atoms with Gasteiger partial charge in [-0.25, -0.2) is 0 Å². The molecule has 0 aliphatic rings. The van der Waals surface area contributed by atoms with Gasteiger partial charge in [0.15, 0.2) is 0 Å². The predicted molar refractivity (Wildman–Crippen MR) is 61.6 cm³/mol. The molecule has 1 heterocycles.